The SMILES string of the molecule is CCC(CC)(OO)C1CCCCCC1. The highest BCUT2D eigenvalue weighted by atomic mass is 17.1. The fraction of sp³-hybridized carbons (Fsp3) is 1.00. The molecule has 0 aliphatic heterocycles. The highest BCUT2D eigenvalue weighted by molar-refractivity contribution is 4.86. The van der Waals surface area contributed by atoms with Crippen LogP contribution in [0.3, 0.4) is 0 Å². The molecule has 0 aromatic rings. The average Bonchev–Trinajstić information content (AvgIpc) is 2.51. The van der Waals surface area contributed by atoms with Gasteiger partial charge in [0.15, 0.2) is 0 Å². The Labute approximate surface area is 87.6 Å². The molecular weight excluding hydrogens is 176 g/mol. The van der Waals surface area contributed by atoms with Gasteiger partial charge in [-0.2, -0.15) is 0 Å². The Balaban J connectivity index is 2.64. The van der Waals surface area contributed by atoms with E-state index >= 15 is 0 Å². The first-order valence-electron chi connectivity index (χ1n) is 6.11. The molecule has 0 radical (unpaired) electrons. The normalized spacial score (nSPS) is 20.8. The van der Waals surface area contributed by atoms with Crippen LogP contribution in [0.1, 0.15) is 65.2 Å². The van der Waals surface area contributed by atoms with E-state index in [1.165, 1.54) is 38.5 Å². The molecule has 0 heterocycles. The number of rotatable bonds is 4. The Morgan fingerprint density at radius 2 is 1.57 bits per heavy atom. The van der Waals surface area contributed by atoms with Crippen LogP contribution in [-0.4, -0.2) is 10.9 Å². The average molecular weight is 200 g/mol. The molecule has 1 aliphatic rings. The highest BCUT2D eigenvalue weighted by Gasteiger charge is 2.37. The van der Waals surface area contributed by atoms with Gasteiger partial charge < -0.3 is 0 Å². The summed E-state index contributed by atoms with van der Waals surface area (Å²) in [5, 5.41) is 9.12. The Morgan fingerprint density at radius 1 is 1.07 bits per heavy atom. The summed E-state index contributed by atoms with van der Waals surface area (Å²) in [6.07, 6.45) is 9.60. The maximum Gasteiger partial charge on any atom is 0.106 e. The van der Waals surface area contributed by atoms with Crippen LogP contribution in [-0.2, 0) is 4.89 Å². The summed E-state index contributed by atoms with van der Waals surface area (Å²) in [7, 11) is 0. The Morgan fingerprint density at radius 3 is 1.93 bits per heavy atom. The highest BCUT2D eigenvalue weighted by Crippen LogP contribution is 2.38. The fourth-order valence-electron chi connectivity index (χ4n) is 2.84. The van der Waals surface area contributed by atoms with Gasteiger partial charge in [-0.25, -0.2) is 4.89 Å². The third kappa shape index (κ3) is 2.48. The Hall–Kier alpha value is -0.0800. The summed E-state index contributed by atoms with van der Waals surface area (Å²) < 4.78 is 0. The van der Waals surface area contributed by atoms with Gasteiger partial charge in [-0.05, 0) is 31.6 Å². The van der Waals surface area contributed by atoms with Gasteiger partial charge in [0.25, 0.3) is 0 Å². The zero-order valence-corrected chi connectivity index (χ0v) is 9.59. The summed E-state index contributed by atoms with van der Waals surface area (Å²) in [5.74, 6) is 0.560. The van der Waals surface area contributed by atoms with E-state index < -0.39 is 0 Å². The van der Waals surface area contributed by atoms with Gasteiger partial charge in [-0.1, -0.05) is 39.5 Å². The monoisotopic (exact) mass is 200 g/mol. The minimum absolute atomic E-state index is 0.260. The van der Waals surface area contributed by atoms with Crippen molar-refractivity contribution in [2.45, 2.75) is 70.8 Å². The van der Waals surface area contributed by atoms with E-state index in [0.717, 1.165) is 12.8 Å². The molecule has 14 heavy (non-hydrogen) atoms. The van der Waals surface area contributed by atoms with E-state index in [0.29, 0.717) is 5.92 Å². The lowest BCUT2D eigenvalue weighted by molar-refractivity contribution is -0.341. The summed E-state index contributed by atoms with van der Waals surface area (Å²) >= 11 is 0. The van der Waals surface area contributed by atoms with Crippen LogP contribution < -0.4 is 0 Å². The molecule has 0 spiro atoms. The number of hydrogen-bond acceptors (Lipinski definition) is 2. The van der Waals surface area contributed by atoms with Crippen LogP contribution in [0.2, 0.25) is 0 Å². The van der Waals surface area contributed by atoms with Crippen molar-refractivity contribution in [1.82, 2.24) is 0 Å². The van der Waals surface area contributed by atoms with Gasteiger partial charge in [0.05, 0.1) is 0 Å². The molecule has 0 atom stereocenters. The Kier molecular flexibility index (Phi) is 4.90. The van der Waals surface area contributed by atoms with Crippen molar-refractivity contribution in [1.29, 1.82) is 0 Å². The van der Waals surface area contributed by atoms with Crippen LogP contribution in [0.5, 0.6) is 0 Å². The van der Waals surface area contributed by atoms with Crippen molar-refractivity contribution < 1.29 is 10.1 Å². The molecule has 0 amide bonds. The van der Waals surface area contributed by atoms with E-state index in [4.69, 9.17) is 10.1 Å². The van der Waals surface area contributed by atoms with Crippen molar-refractivity contribution >= 4 is 0 Å². The van der Waals surface area contributed by atoms with Crippen LogP contribution in [0.4, 0.5) is 0 Å². The zero-order valence-electron chi connectivity index (χ0n) is 9.59. The standard InChI is InChI=1S/C12H24O2/c1-3-12(4-2,14-13)11-9-7-5-6-8-10-11/h11,13H,3-10H2,1-2H3. The summed E-state index contributed by atoms with van der Waals surface area (Å²) in [6.45, 7) is 4.23. The topological polar surface area (TPSA) is 29.5 Å². The lowest BCUT2D eigenvalue weighted by atomic mass is 9.78. The van der Waals surface area contributed by atoms with Crippen LogP contribution in [0, 0.1) is 5.92 Å². The van der Waals surface area contributed by atoms with Crippen molar-refractivity contribution in [3.8, 4) is 0 Å². The molecule has 1 N–H and O–H groups in total. The molecule has 0 aromatic heterocycles. The maximum absolute atomic E-state index is 9.12. The first kappa shape index (κ1) is 12.0. The van der Waals surface area contributed by atoms with Gasteiger partial charge in [-0.3, -0.25) is 5.26 Å². The maximum atomic E-state index is 9.12. The van der Waals surface area contributed by atoms with Crippen molar-refractivity contribution in [3.05, 3.63) is 0 Å². The first-order valence-corrected chi connectivity index (χ1v) is 6.11. The van der Waals surface area contributed by atoms with Gasteiger partial charge in [0.1, 0.15) is 5.60 Å². The molecular formula is C12H24O2. The van der Waals surface area contributed by atoms with E-state index in [-0.39, 0.29) is 5.60 Å². The predicted octanol–water partition coefficient (Wildman–Crippen LogP) is 4.01. The molecule has 0 saturated heterocycles. The molecule has 1 saturated carbocycles. The molecule has 0 bridgehead atoms. The minimum Gasteiger partial charge on any atom is -0.251 e. The van der Waals surface area contributed by atoms with Gasteiger partial charge in [-0.15, -0.1) is 0 Å². The quantitative estimate of drug-likeness (QED) is 0.422. The van der Waals surface area contributed by atoms with Crippen molar-refractivity contribution in [2.24, 2.45) is 5.92 Å². The molecule has 2 heteroatoms. The Bertz CT molecular complexity index is 136. The zero-order chi connectivity index (χ0) is 10.4. The van der Waals surface area contributed by atoms with Gasteiger partial charge in [0, 0.05) is 0 Å². The third-order valence-electron chi connectivity index (χ3n) is 3.98. The molecule has 0 unspecified atom stereocenters. The second-order valence-corrected chi connectivity index (χ2v) is 4.55. The van der Waals surface area contributed by atoms with E-state index in [1.54, 1.807) is 0 Å². The lowest BCUT2D eigenvalue weighted by Gasteiger charge is -2.36. The largest absolute Gasteiger partial charge is 0.251 e. The summed E-state index contributed by atoms with van der Waals surface area (Å²) in [4.78, 5) is 4.83. The molecule has 1 aliphatic carbocycles. The van der Waals surface area contributed by atoms with Crippen LogP contribution in [0.25, 0.3) is 0 Å². The molecule has 1 rings (SSSR count). The van der Waals surface area contributed by atoms with Crippen molar-refractivity contribution in [3.63, 3.8) is 0 Å². The second-order valence-electron chi connectivity index (χ2n) is 4.55. The predicted molar refractivity (Wildman–Crippen MR) is 58.2 cm³/mol. The fourth-order valence-corrected chi connectivity index (χ4v) is 2.84. The van der Waals surface area contributed by atoms with Gasteiger partial charge in [0.2, 0.25) is 0 Å². The second kappa shape index (κ2) is 5.72. The van der Waals surface area contributed by atoms with E-state index in [2.05, 4.69) is 13.8 Å². The lowest BCUT2D eigenvalue weighted by Crippen LogP contribution is -2.38. The minimum atomic E-state index is -0.260. The van der Waals surface area contributed by atoms with Crippen molar-refractivity contribution in [2.75, 3.05) is 0 Å². The van der Waals surface area contributed by atoms with Gasteiger partial charge >= 0.3 is 0 Å². The molecule has 1 fully saturated rings. The summed E-state index contributed by atoms with van der Waals surface area (Å²) in [5.41, 5.74) is -0.260. The molecule has 84 valence electrons. The first-order chi connectivity index (χ1) is 6.79. The summed E-state index contributed by atoms with van der Waals surface area (Å²) in [6, 6.07) is 0. The molecule has 0 aromatic carbocycles. The molecule has 2 nitrogen and oxygen atoms in total. The van der Waals surface area contributed by atoms with E-state index in [1.807, 2.05) is 0 Å². The number of hydrogen-bond donors (Lipinski definition) is 1. The third-order valence-corrected chi connectivity index (χ3v) is 3.98. The van der Waals surface area contributed by atoms with Crippen LogP contribution >= 0.6 is 0 Å². The van der Waals surface area contributed by atoms with Crippen LogP contribution in [0.15, 0.2) is 0 Å². The smallest absolute Gasteiger partial charge is 0.106 e. The van der Waals surface area contributed by atoms with E-state index in [9.17, 15) is 0 Å².